The van der Waals surface area contributed by atoms with Crippen LogP contribution in [0.2, 0.25) is 0 Å². The predicted molar refractivity (Wildman–Crippen MR) is 106 cm³/mol. The van der Waals surface area contributed by atoms with E-state index in [1.54, 1.807) is 12.3 Å². The molecule has 0 saturated heterocycles. The van der Waals surface area contributed by atoms with E-state index in [1.165, 1.54) is 6.39 Å². The second kappa shape index (κ2) is 6.66. The van der Waals surface area contributed by atoms with Crippen molar-refractivity contribution in [3.63, 3.8) is 0 Å². The van der Waals surface area contributed by atoms with E-state index in [4.69, 9.17) is 8.83 Å². The Labute approximate surface area is 159 Å². The Kier molecular flexibility index (Phi) is 3.87. The molecule has 2 aromatic heterocycles. The van der Waals surface area contributed by atoms with E-state index in [0.717, 1.165) is 32.9 Å². The van der Waals surface area contributed by atoms with Crippen molar-refractivity contribution in [1.29, 1.82) is 0 Å². The summed E-state index contributed by atoms with van der Waals surface area (Å²) < 4.78 is 10.9. The first kappa shape index (κ1) is 16.3. The standard InChI is InChI=1S/C22H15N3O3/c26-20(24-17-6-3-5-15(10-17)22-25-23-13-28-22)11-16-12-27-19-9-8-14-4-1-2-7-18(14)21(16)19/h1-10,12-13H,11H2,(H,24,26). The van der Waals surface area contributed by atoms with Crippen molar-refractivity contribution >= 4 is 33.3 Å². The third kappa shape index (κ3) is 2.91. The van der Waals surface area contributed by atoms with E-state index in [-0.39, 0.29) is 12.3 Å². The number of rotatable bonds is 4. The Bertz CT molecular complexity index is 1290. The van der Waals surface area contributed by atoms with E-state index in [0.29, 0.717) is 11.6 Å². The molecule has 2 heterocycles. The third-order valence-corrected chi connectivity index (χ3v) is 4.64. The van der Waals surface area contributed by atoms with Gasteiger partial charge in [0.05, 0.1) is 12.7 Å². The van der Waals surface area contributed by atoms with Crippen LogP contribution < -0.4 is 5.32 Å². The molecule has 28 heavy (non-hydrogen) atoms. The lowest BCUT2D eigenvalue weighted by Gasteiger charge is -2.06. The number of anilines is 1. The molecule has 0 aliphatic rings. The summed E-state index contributed by atoms with van der Waals surface area (Å²) in [6, 6.07) is 19.3. The fourth-order valence-electron chi connectivity index (χ4n) is 3.41. The molecule has 0 atom stereocenters. The normalized spacial score (nSPS) is 11.1. The van der Waals surface area contributed by atoms with Crippen molar-refractivity contribution in [2.45, 2.75) is 6.42 Å². The molecule has 0 radical (unpaired) electrons. The topological polar surface area (TPSA) is 81.2 Å². The van der Waals surface area contributed by atoms with Gasteiger partial charge in [-0.3, -0.25) is 4.79 Å². The number of hydrogen-bond acceptors (Lipinski definition) is 5. The van der Waals surface area contributed by atoms with Crippen LogP contribution in [0.4, 0.5) is 5.69 Å². The second-order valence-corrected chi connectivity index (χ2v) is 6.47. The quantitative estimate of drug-likeness (QED) is 0.491. The van der Waals surface area contributed by atoms with Crippen molar-refractivity contribution in [1.82, 2.24) is 10.2 Å². The minimum atomic E-state index is -0.127. The van der Waals surface area contributed by atoms with Gasteiger partial charge in [-0.1, -0.05) is 36.4 Å². The highest BCUT2D eigenvalue weighted by Gasteiger charge is 2.14. The lowest BCUT2D eigenvalue weighted by atomic mass is 10.0. The number of carbonyl (C=O) groups excluding carboxylic acids is 1. The van der Waals surface area contributed by atoms with E-state index in [1.807, 2.05) is 48.5 Å². The number of fused-ring (bicyclic) bond motifs is 3. The molecule has 0 unspecified atom stereocenters. The van der Waals surface area contributed by atoms with Crippen LogP contribution in [0.3, 0.4) is 0 Å². The number of hydrogen-bond donors (Lipinski definition) is 1. The van der Waals surface area contributed by atoms with E-state index >= 15 is 0 Å². The lowest BCUT2D eigenvalue weighted by molar-refractivity contribution is -0.115. The molecular weight excluding hydrogens is 354 g/mol. The molecule has 1 amide bonds. The first-order chi connectivity index (χ1) is 13.8. The van der Waals surface area contributed by atoms with Crippen molar-refractivity contribution in [2.75, 3.05) is 5.32 Å². The maximum Gasteiger partial charge on any atom is 0.247 e. The van der Waals surface area contributed by atoms with Gasteiger partial charge >= 0.3 is 0 Å². The number of carbonyl (C=O) groups is 1. The SMILES string of the molecule is O=C(Cc1coc2ccc3ccccc3c12)Nc1cccc(-c2nnco2)c1. The van der Waals surface area contributed by atoms with Gasteiger partial charge in [0.25, 0.3) is 0 Å². The molecule has 0 aliphatic heterocycles. The Balaban J connectivity index is 1.42. The number of furan rings is 1. The summed E-state index contributed by atoms with van der Waals surface area (Å²) in [5.41, 5.74) is 3.05. The molecule has 5 aromatic rings. The Hall–Kier alpha value is -3.93. The number of nitrogens with one attached hydrogen (secondary N) is 1. The van der Waals surface area contributed by atoms with Crippen molar-refractivity contribution in [3.05, 3.63) is 78.9 Å². The average molecular weight is 369 g/mol. The molecule has 5 rings (SSSR count). The molecule has 3 aromatic carbocycles. The monoisotopic (exact) mass is 369 g/mol. The Morgan fingerprint density at radius 2 is 1.93 bits per heavy atom. The molecule has 6 nitrogen and oxygen atoms in total. The zero-order chi connectivity index (χ0) is 18.9. The Morgan fingerprint density at radius 1 is 1.00 bits per heavy atom. The summed E-state index contributed by atoms with van der Waals surface area (Å²) in [5.74, 6) is 0.279. The van der Waals surface area contributed by atoms with Crippen LogP contribution in [0.5, 0.6) is 0 Å². The summed E-state index contributed by atoms with van der Waals surface area (Å²) in [6.07, 6.45) is 3.15. The molecule has 136 valence electrons. The lowest BCUT2D eigenvalue weighted by Crippen LogP contribution is -2.14. The van der Waals surface area contributed by atoms with E-state index in [9.17, 15) is 4.79 Å². The molecule has 0 bridgehead atoms. The van der Waals surface area contributed by atoms with Gasteiger partial charge in [-0.15, -0.1) is 10.2 Å². The molecule has 0 spiro atoms. The highest BCUT2D eigenvalue weighted by Crippen LogP contribution is 2.30. The summed E-state index contributed by atoms with van der Waals surface area (Å²) in [7, 11) is 0. The highest BCUT2D eigenvalue weighted by atomic mass is 16.4. The van der Waals surface area contributed by atoms with Crippen LogP contribution in [0.25, 0.3) is 33.2 Å². The Morgan fingerprint density at radius 3 is 2.82 bits per heavy atom. The third-order valence-electron chi connectivity index (χ3n) is 4.64. The fourth-order valence-corrected chi connectivity index (χ4v) is 3.41. The molecule has 1 N–H and O–H groups in total. The number of amides is 1. The van der Waals surface area contributed by atoms with Gasteiger partial charge < -0.3 is 14.2 Å². The summed E-state index contributed by atoms with van der Waals surface area (Å²) in [6.45, 7) is 0. The van der Waals surface area contributed by atoms with Crippen LogP contribution in [0.1, 0.15) is 5.56 Å². The zero-order valence-electron chi connectivity index (χ0n) is 14.8. The van der Waals surface area contributed by atoms with E-state index < -0.39 is 0 Å². The van der Waals surface area contributed by atoms with Crippen molar-refractivity contribution < 1.29 is 13.6 Å². The molecule has 0 saturated carbocycles. The van der Waals surface area contributed by atoms with Crippen LogP contribution in [-0.2, 0) is 11.2 Å². The van der Waals surface area contributed by atoms with Crippen LogP contribution in [0, 0.1) is 0 Å². The van der Waals surface area contributed by atoms with Crippen LogP contribution in [-0.4, -0.2) is 16.1 Å². The zero-order valence-corrected chi connectivity index (χ0v) is 14.8. The summed E-state index contributed by atoms with van der Waals surface area (Å²) >= 11 is 0. The second-order valence-electron chi connectivity index (χ2n) is 6.47. The average Bonchev–Trinajstić information content (AvgIpc) is 3.39. The first-order valence-corrected chi connectivity index (χ1v) is 8.82. The number of aromatic nitrogens is 2. The predicted octanol–water partition coefficient (Wildman–Crippen LogP) is 4.82. The van der Waals surface area contributed by atoms with Crippen LogP contribution >= 0.6 is 0 Å². The van der Waals surface area contributed by atoms with Gasteiger partial charge in [-0.25, -0.2) is 0 Å². The minimum Gasteiger partial charge on any atom is -0.464 e. The minimum absolute atomic E-state index is 0.127. The van der Waals surface area contributed by atoms with Crippen molar-refractivity contribution in [3.8, 4) is 11.5 Å². The van der Waals surface area contributed by atoms with Gasteiger partial charge in [0.15, 0.2) is 0 Å². The van der Waals surface area contributed by atoms with Gasteiger partial charge in [0, 0.05) is 22.2 Å². The summed E-state index contributed by atoms with van der Waals surface area (Å²) in [4.78, 5) is 12.7. The van der Waals surface area contributed by atoms with Crippen LogP contribution in [0.15, 0.2) is 82.2 Å². The maximum atomic E-state index is 12.7. The number of nitrogens with zero attached hydrogens (tertiary/aromatic N) is 2. The highest BCUT2D eigenvalue weighted by molar-refractivity contribution is 6.09. The number of benzene rings is 3. The van der Waals surface area contributed by atoms with Gasteiger partial charge in [-0.05, 0) is 35.0 Å². The van der Waals surface area contributed by atoms with Gasteiger partial charge in [-0.2, -0.15) is 0 Å². The smallest absolute Gasteiger partial charge is 0.247 e. The van der Waals surface area contributed by atoms with Crippen molar-refractivity contribution in [2.24, 2.45) is 0 Å². The largest absolute Gasteiger partial charge is 0.464 e. The fraction of sp³-hybridized carbons (Fsp3) is 0.0455. The first-order valence-electron chi connectivity index (χ1n) is 8.82. The molecule has 0 fully saturated rings. The molecular formula is C22H15N3O3. The molecule has 6 heteroatoms. The maximum absolute atomic E-state index is 12.7. The van der Waals surface area contributed by atoms with Gasteiger partial charge in [0.2, 0.25) is 18.2 Å². The molecule has 0 aliphatic carbocycles. The van der Waals surface area contributed by atoms with E-state index in [2.05, 4.69) is 21.6 Å². The van der Waals surface area contributed by atoms with Gasteiger partial charge in [0.1, 0.15) is 5.58 Å². The summed E-state index contributed by atoms with van der Waals surface area (Å²) in [5, 5.41) is 13.7.